The van der Waals surface area contributed by atoms with Gasteiger partial charge in [0.25, 0.3) is 0 Å². The normalized spacial score (nSPS) is 36.4. The Kier molecular flexibility index (Phi) is 4.87. The molecule has 0 spiro atoms. The number of piperazine rings is 1. The molecular weight excluding hydrogens is 208 g/mol. The maximum atomic E-state index is 3.55. The van der Waals surface area contributed by atoms with Gasteiger partial charge in [-0.15, -0.1) is 0 Å². The van der Waals surface area contributed by atoms with Crippen LogP contribution in [0.1, 0.15) is 46.5 Å². The molecule has 2 rings (SSSR count). The Bertz CT molecular complexity index is 219. The van der Waals surface area contributed by atoms with E-state index < -0.39 is 0 Å². The summed E-state index contributed by atoms with van der Waals surface area (Å²) in [5.74, 6) is 2.74. The van der Waals surface area contributed by atoms with E-state index in [0.717, 1.165) is 23.8 Å². The fourth-order valence-electron chi connectivity index (χ4n) is 3.49. The van der Waals surface area contributed by atoms with Crippen molar-refractivity contribution < 1.29 is 0 Å². The highest BCUT2D eigenvalue weighted by Crippen LogP contribution is 2.29. The first-order chi connectivity index (χ1) is 8.16. The lowest BCUT2D eigenvalue weighted by Crippen LogP contribution is -2.54. The van der Waals surface area contributed by atoms with E-state index in [2.05, 4.69) is 31.0 Å². The number of hydrogen-bond acceptors (Lipinski definition) is 2. The Balaban J connectivity index is 1.83. The second-order valence-electron chi connectivity index (χ2n) is 6.64. The molecule has 1 heterocycles. The minimum Gasteiger partial charge on any atom is -0.314 e. The van der Waals surface area contributed by atoms with Gasteiger partial charge in [-0.2, -0.15) is 0 Å². The smallest absolute Gasteiger partial charge is 0.0244 e. The van der Waals surface area contributed by atoms with Gasteiger partial charge < -0.3 is 5.32 Å². The van der Waals surface area contributed by atoms with Crippen molar-refractivity contribution in [3.8, 4) is 0 Å². The molecule has 0 aromatic heterocycles. The lowest BCUT2D eigenvalue weighted by atomic mass is 9.82. The van der Waals surface area contributed by atoms with Gasteiger partial charge in [0.05, 0.1) is 0 Å². The molecule has 2 aliphatic rings. The van der Waals surface area contributed by atoms with Crippen LogP contribution in [0.3, 0.4) is 0 Å². The second kappa shape index (κ2) is 6.19. The summed E-state index contributed by atoms with van der Waals surface area (Å²) in [5.41, 5.74) is 0. The number of nitrogens with zero attached hydrogens (tertiary/aromatic N) is 1. The van der Waals surface area contributed by atoms with Crippen LogP contribution in [0.15, 0.2) is 0 Å². The summed E-state index contributed by atoms with van der Waals surface area (Å²) in [6, 6.07) is 0.767. The predicted octanol–water partition coefficient (Wildman–Crippen LogP) is 2.74. The van der Waals surface area contributed by atoms with Crippen LogP contribution in [-0.2, 0) is 0 Å². The van der Waals surface area contributed by atoms with E-state index in [1.807, 2.05) is 0 Å². The molecule has 0 aromatic carbocycles. The fraction of sp³-hybridized carbons (Fsp3) is 1.00. The molecule has 1 saturated carbocycles. The van der Waals surface area contributed by atoms with Crippen LogP contribution < -0.4 is 5.32 Å². The van der Waals surface area contributed by atoms with Crippen LogP contribution in [0.5, 0.6) is 0 Å². The number of hydrogen-bond donors (Lipinski definition) is 1. The first-order valence-electron chi connectivity index (χ1n) is 7.61. The van der Waals surface area contributed by atoms with Crippen molar-refractivity contribution in [2.45, 2.75) is 52.5 Å². The third-order valence-corrected chi connectivity index (χ3v) is 4.80. The third kappa shape index (κ3) is 3.69. The van der Waals surface area contributed by atoms with Crippen molar-refractivity contribution >= 4 is 0 Å². The van der Waals surface area contributed by atoms with Gasteiger partial charge >= 0.3 is 0 Å². The predicted molar refractivity (Wildman–Crippen MR) is 74.2 cm³/mol. The molecule has 0 radical (unpaired) electrons. The van der Waals surface area contributed by atoms with Crippen LogP contribution in [0.2, 0.25) is 0 Å². The standard InChI is InChI=1S/C15H30N2/c1-12(2)15-10-16-8-9-17(15)11-14-6-4-13(3)5-7-14/h12-16H,4-11H2,1-3H3. The van der Waals surface area contributed by atoms with Gasteiger partial charge in [0, 0.05) is 32.2 Å². The average molecular weight is 238 g/mol. The summed E-state index contributed by atoms with van der Waals surface area (Å²) in [6.45, 7) is 12.2. The van der Waals surface area contributed by atoms with E-state index in [9.17, 15) is 0 Å². The van der Waals surface area contributed by atoms with Gasteiger partial charge in [-0.3, -0.25) is 4.90 Å². The minimum absolute atomic E-state index is 0.767. The second-order valence-corrected chi connectivity index (χ2v) is 6.64. The van der Waals surface area contributed by atoms with Crippen LogP contribution in [0.4, 0.5) is 0 Å². The van der Waals surface area contributed by atoms with Gasteiger partial charge in [-0.05, 0) is 30.6 Å². The molecule has 2 heteroatoms. The largest absolute Gasteiger partial charge is 0.314 e. The maximum absolute atomic E-state index is 3.55. The molecule has 0 aromatic rings. The maximum Gasteiger partial charge on any atom is 0.0244 e. The van der Waals surface area contributed by atoms with Crippen LogP contribution in [-0.4, -0.2) is 37.1 Å². The van der Waals surface area contributed by atoms with Gasteiger partial charge in [0.2, 0.25) is 0 Å². The molecule has 1 unspecified atom stereocenters. The topological polar surface area (TPSA) is 15.3 Å². The highest BCUT2D eigenvalue weighted by Gasteiger charge is 2.28. The lowest BCUT2D eigenvalue weighted by Gasteiger charge is -2.41. The quantitative estimate of drug-likeness (QED) is 0.813. The van der Waals surface area contributed by atoms with E-state index in [-0.39, 0.29) is 0 Å². The molecule has 2 fully saturated rings. The van der Waals surface area contributed by atoms with E-state index in [1.165, 1.54) is 51.9 Å². The molecule has 0 bridgehead atoms. The van der Waals surface area contributed by atoms with E-state index in [0.29, 0.717) is 0 Å². The number of nitrogens with one attached hydrogen (secondary N) is 1. The molecule has 1 saturated heterocycles. The van der Waals surface area contributed by atoms with E-state index in [4.69, 9.17) is 0 Å². The minimum atomic E-state index is 0.767. The monoisotopic (exact) mass is 238 g/mol. The van der Waals surface area contributed by atoms with Crippen molar-refractivity contribution in [1.29, 1.82) is 0 Å². The van der Waals surface area contributed by atoms with Gasteiger partial charge in [-0.1, -0.05) is 33.6 Å². The fourth-order valence-corrected chi connectivity index (χ4v) is 3.49. The first-order valence-corrected chi connectivity index (χ1v) is 7.61. The summed E-state index contributed by atoms with van der Waals surface area (Å²) in [6.07, 6.45) is 5.86. The van der Waals surface area contributed by atoms with Crippen molar-refractivity contribution in [2.24, 2.45) is 17.8 Å². The summed E-state index contributed by atoms with van der Waals surface area (Å²) >= 11 is 0. The first kappa shape index (κ1) is 13.4. The van der Waals surface area contributed by atoms with Crippen LogP contribution in [0, 0.1) is 17.8 Å². The zero-order chi connectivity index (χ0) is 12.3. The molecule has 0 amide bonds. The van der Waals surface area contributed by atoms with Crippen LogP contribution >= 0.6 is 0 Å². The van der Waals surface area contributed by atoms with Crippen molar-refractivity contribution in [3.63, 3.8) is 0 Å². The van der Waals surface area contributed by atoms with Gasteiger partial charge in [-0.25, -0.2) is 0 Å². The SMILES string of the molecule is CC1CCC(CN2CCNCC2C(C)C)CC1. The Morgan fingerprint density at radius 1 is 1.18 bits per heavy atom. The molecule has 1 N–H and O–H groups in total. The summed E-state index contributed by atoms with van der Waals surface area (Å²) < 4.78 is 0. The highest BCUT2D eigenvalue weighted by molar-refractivity contribution is 4.84. The molecule has 1 aliphatic carbocycles. The molecule has 100 valence electrons. The summed E-state index contributed by atoms with van der Waals surface area (Å²) in [4.78, 5) is 2.77. The third-order valence-electron chi connectivity index (χ3n) is 4.80. The van der Waals surface area contributed by atoms with Crippen molar-refractivity contribution in [2.75, 3.05) is 26.2 Å². The van der Waals surface area contributed by atoms with Crippen molar-refractivity contribution in [1.82, 2.24) is 10.2 Å². The summed E-state index contributed by atoms with van der Waals surface area (Å²) in [5, 5.41) is 3.55. The Labute approximate surface area is 107 Å². The molecule has 17 heavy (non-hydrogen) atoms. The Morgan fingerprint density at radius 2 is 1.88 bits per heavy atom. The van der Waals surface area contributed by atoms with E-state index >= 15 is 0 Å². The molecule has 2 nitrogen and oxygen atoms in total. The lowest BCUT2D eigenvalue weighted by molar-refractivity contribution is 0.0909. The molecular formula is C15H30N2. The Hall–Kier alpha value is -0.0800. The molecule has 1 atom stereocenters. The molecule has 1 aliphatic heterocycles. The van der Waals surface area contributed by atoms with Crippen molar-refractivity contribution in [3.05, 3.63) is 0 Å². The van der Waals surface area contributed by atoms with Gasteiger partial charge in [0.1, 0.15) is 0 Å². The summed E-state index contributed by atoms with van der Waals surface area (Å²) in [7, 11) is 0. The number of rotatable bonds is 3. The van der Waals surface area contributed by atoms with Crippen LogP contribution in [0.25, 0.3) is 0 Å². The Morgan fingerprint density at radius 3 is 2.53 bits per heavy atom. The highest BCUT2D eigenvalue weighted by atomic mass is 15.2. The zero-order valence-electron chi connectivity index (χ0n) is 11.9. The average Bonchev–Trinajstić information content (AvgIpc) is 2.32. The van der Waals surface area contributed by atoms with E-state index in [1.54, 1.807) is 0 Å². The zero-order valence-corrected chi connectivity index (χ0v) is 11.9. The van der Waals surface area contributed by atoms with Gasteiger partial charge in [0.15, 0.2) is 0 Å².